The first-order valence-corrected chi connectivity index (χ1v) is 8.61. The normalized spacial score (nSPS) is 12.7. The highest BCUT2D eigenvalue weighted by molar-refractivity contribution is 7.10. The minimum atomic E-state index is -0.347. The zero-order valence-electron chi connectivity index (χ0n) is 13.9. The minimum absolute atomic E-state index is 0.108. The molecule has 0 aliphatic rings. The summed E-state index contributed by atoms with van der Waals surface area (Å²) in [7, 11) is 3.98. The van der Waals surface area contributed by atoms with Gasteiger partial charge in [0.2, 0.25) is 0 Å². The second-order valence-electron chi connectivity index (χ2n) is 6.02. The molecule has 1 unspecified atom stereocenters. The zero-order chi connectivity index (χ0) is 17.3. The van der Waals surface area contributed by atoms with Crippen molar-refractivity contribution in [2.45, 2.75) is 13.0 Å². The van der Waals surface area contributed by atoms with E-state index in [2.05, 4.69) is 21.3 Å². The predicted molar refractivity (Wildman–Crippen MR) is 96.1 cm³/mol. The Morgan fingerprint density at radius 2 is 2.17 bits per heavy atom. The third-order valence-corrected chi connectivity index (χ3v) is 5.10. The van der Waals surface area contributed by atoms with E-state index >= 15 is 0 Å². The van der Waals surface area contributed by atoms with Crippen LogP contribution in [0.25, 0.3) is 10.9 Å². The summed E-state index contributed by atoms with van der Waals surface area (Å²) in [5.74, 6) is -0.534. The van der Waals surface area contributed by atoms with E-state index in [9.17, 15) is 9.18 Å². The van der Waals surface area contributed by atoms with Crippen molar-refractivity contribution in [3.63, 3.8) is 0 Å². The summed E-state index contributed by atoms with van der Waals surface area (Å²) < 4.78 is 13.5. The number of aromatic amines is 1. The number of aryl methyl sites for hydroxylation is 1. The number of fused-ring (bicyclic) bond motifs is 1. The average Bonchev–Trinajstić information content (AvgIpc) is 3.14. The molecule has 1 amide bonds. The number of hydrogen-bond donors (Lipinski definition) is 2. The summed E-state index contributed by atoms with van der Waals surface area (Å²) in [6.07, 6.45) is 0. The smallest absolute Gasteiger partial charge is 0.253 e. The number of carbonyl (C=O) groups excluding carboxylic acids is 1. The lowest BCUT2D eigenvalue weighted by Gasteiger charge is -2.23. The first-order chi connectivity index (χ1) is 11.5. The third kappa shape index (κ3) is 3.20. The SMILES string of the molecule is Cc1[nH]c2ccc(F)cc2c1C(=O)NCC(c1cccs1)N(C)C. The van der Waals surface area contributed by atoms with Gasteiger partial charge in [-0.15, -0.1) is 11.3 Å². The molecule has 0 radical (unpaired) electrons. The highest BCUT2D eigenvalue weighted by atomic mass is 32.1. The molecule has 0 saturated carbocycles. The van der Waals surface area contributed by atoms with E-state index in [1.54, 1.807) is 17.4 Å². The van der Waals surface area contributed by atoms with Crippen molar-refractivity contribution in [1.29, 1.82) is 0 Å². The van der Waals surface area contributed by atoms with Gasteiger partial charge in [-0.1, -0.05) is 6.07 Å². The van der Waals surface area contributed by atoms with E-state index in [1.807, 2.05) is 32.5 Å². The largest absolute Gasteiger partial charge is 0.358 e. The second kappa shape index (κ2) is 6.75. The molecule has 2 N–H and O–H groups in total. The summed E-state index contributed by atoms with van der Waals surface area (Å²) in [4.78, 5) is 19.1. The highest BCUT2D eigenvalue weighted by Crippen LogP contribution is 2.25. The number of carbonyl (C=O) groups is 1. The quantitative estimate of drug-likeness (QED) is 0.740. The molecule has 2 aromatic heterocycles. The summed E-state index contributed by atoms with van der Waals surface area (Å²) in [6, 6.07) is 8.62. The number of nitrogens with zero attached hydrogens (tertiary/aromatic N) is 1. The van der Waals surface area contributed by atoms with Gasteiger partial charge in [0.1, 0.15) is 5.82 Å². The lowest BCUT2D eigenvalue weighted by Crippen LogP contribution is -2.34. The van der Waals surface area contributed by atoms with Crippen molar-refractivity contribution >= 4 is 28.1 Å². The Bertz CT molecular complexity index is 855. The monoisotopic (exact) mass is 345 g/mol. The number of rotatable bonds is 5. The van der Waals surface area contributed by atoms with Crippen LogP contribution < -0.4 is 5.32 Å². The molecule has 0 bridgehead atoms. The van der Waals surface area contributed by atoms with Crippen LogP contribution in [0.1, 0.15) is 27.0 Å². The van der Waals surface area contributed by atoms with Crippen LogP contribution >= 0.6 is 11.3 Å². The maximum atomic E-state index is 13.5. The number of halogens is 1. The lowest BCUT2D eigenvalue weighted by atomic mass is 10.1. The van der Waals surface area contributed by atoms with Crippen LogP contribution in [0.4, 0.5) is 4.39 Å². The molecule has 1 aromatic carbocycles. The molecule has 6 heteroatoms. The second-order valence-corrected chi connectivity index (χ2v) is 7.00. The van der Waals surface area contributed by atoms with E-state index in [0.717, 1.165) is 11.2 Å². The summed E-state index contributed by atoms with van der Waals surface area (Å²) in [5, 5.41) is 5.63. The molecule has 1 atom stereocenters. The molecule has 0 fully saturated rings. The number of likely N-dealkylation sites (N-methyl/N-ethyl adjacent to an activating group) is 1. The van der Waals surface area contributed by atoms with Crippen LogP contribution in [0.3, 0.4) is 0 Å². The number of thiophene rings is 1. The van der Waals surface area contributed by atoms with Gasteiger partial charge in [0.25, 0.3) is 5.91 Å². The van der Waals surface area contributed by atoms with E-state index in [-0.39, 0.29) is 17.8 Å². The van der Waals surface area contributed by atoms with Gasteiger partial charge in [-0.2, -0.15) is 0 Å². The van der Waals surface area contributed by atoms with Crippen LogP contribution in [-0.4, -0.2) is 36.4 Å². The zero-order valence-corrected chi connectivity index (χ0v) is 14.7. The van der Waals surface area contributed by atoms with E-state index < -0.39 is 0 Å². The van der Waals surface area contributed by atoms with Crippen LogP contribution in [0.2, 0.25) is 0 Å². The molecule has 0 saturated heterocycles. The fourth-order valence-electron chi connectivity index (χ4n) is 2.89. The molecule has 2 heterocycles. The van der Waals surface area contributed by atoms with Crippen molar-refractivity contribution in [2.75, 3.05) is 20.6 Å². The molecule has 3 aromatic rings. The Kier molecular flexibility index (Phi) is 4.69. The third-order valence-electron chi connectivity index (χ3n) is 4.13. The van der Waals surface area contributed by atoms with Gasteiger partial charge < -0.3 is 15.2 Å². The fourth-order valence-corrected chi connectivity index (χ4v) is 3.81. The fraction of sp³-hybridized carbons (Fsp3) is 0.278. The number of nitrogens with one attached hydrogen (secondary N) is 2. The van der Waals surface area contributed by atoms with Crippen LogP contribution in [0, 0.1) is 12.7 Å². The van der Waals surface area contributed by atoms with Gasteiger partial charge in [0.05, 0.1) is 11.6 Å². The summed E-state index contributed by atoms with van der Waals surface area (Å²) in [6.45, 7) is 2.32. The maximum absolute atomic E-state index is 13.5. The Balaban J connectivity index is 1.82. The van der Waals surface area contributed by atoms with Gasteiger partial charge in [-0.3, -0.25) is 4.79 Å². The molecule has 24 heavy (non-hydrogen) atoms. The number of H-pyrrole nitrogens is 1. The Labute approximate surface area is 144 Å². The minimum Gasteiger partial charge on any atom is -0.358 e. The number of hydrogen-bond acceptors (Lipinski definition) is 3. The number of benzene rings is 1. The Morgan fingerprint density at radius 1 is 1.38 bits per heavy atom. The van der Waals surface area contributed by atoms with Gasteiger partial charge in [-0.25, -0.2) is 4.39 Å². The molecule has 0 spiro atoms. The molecular weight excluding hydrogens is 325 g/mol. The number of aromatic nitrogens is 1. The van der Waals surface area contributed by atoms with Crippen LogP contribution in [0.5, 0.6) is 0 Å². The molecular formula is C18H20FN3OS. The van der Waals surface area contributed by atoms with Gasteiger partial charge in [0, 0.05) is 28.0 Å². The van der Waals surface area contributed by atoms with E-state index in [4.69, 9.17) is 0 Å². The molecule has 0 aliphatic heterocycles. The van der Waals surface area contributed by atoms with Crippen molar-refractivity contribution in [2.24, 2.45) is 0 Å². The van der Waals surface area contributed by atoms with E-state index in [0.29, 0.717) is 17.5 Å². The highest BCUT2D eigenvalue weighted by Gasteiger charge is 2.20. The summed E-state index contributed by atoms with van der Waals surface area (Å²) in [5.41, 5.74) is 2.01. The lowest BCUT2D eigenvalue weighted by molar-refractivity contribution is 0.0943. The first-order valence-electron chi connectivity index (χ1n) is 7.73. The topological polar surface area (TPSA) is 48.1 Å². The Hall–Kier alpha value is -2.18. The molecule has 3 rings (SSSR count). The average molecular weight is 345 g/mol. The van der Waals surface area contributed by atoms with Crippen molar-refractivity contribution in [3.8, 4) is 0 Å². The van der Waals surface area contributed by atoms with Crippen molar-refractivity contribution in [1.82, 2.24) is 15.2 Å². The summed E-state index contributed by atoms with van der Waals surface area (Å²) >= 11 is 1.67. The molecule has 4 nitrogen and oxygen atoms in total. The van der Waals surface area contributed by atoms with Gasteiger partial charge in [-0.05, 0) is 50.7 Å². The van der Waals surface area contributed by atoms with Crippen molar-refractivity contribution in [3.05, 3.63) is 57.7 Å². The van der Waals surface area contributed by atoms with Crippen molar-refractivity contribution < 1.29 is 9.18 Å². The van der Waals surface area contributed by atoms with E-state index in [1.165, 1.54) is 17.0 Å². The predicted octanol–water partition coefficient (Wildman–Crippen LogP) is 3.71. The van der Waals surface area contributed by atoms with Crippen LogP contribution in [0.15, 0.2) is 35.7 Å². The first kappa shape index (κ1) is 16.7. The molecule has 0 aliphatic carbocycles. The van der Waals surface area contributed by atoms with Gasteiger partial charge in [0.15, 0.2) is 0 Å². The van der Waals surface area contributed by atoms with Crippen LogP contribution in [-0.2, 0) is 0 Å². The van der Waals surface area contributed by atoms with Gasteiger partial charge >= 0.3 is 0 Å². The number of amides is 1. The molecule has 126 valence electrons. The maximum Gasteiger partial charge on any atom is 0.253 e. The standard InChI is InChI=1S/C18H20FN3OS/c1-11-17(13-9-12(19)6-7-14(13)21-11)18(23)20-10-15(22(2)3)16-5-4-8-24-16/h4-9,15,21H,10H2,1-3H3,(H,20,23). The Morgan fingerprint density at radius 3 is 2.83 bits per heavy atom.